The van der Waals surface area contributed by atoms with Gasteiger partial charge < -0.3 is 14.7 Å². The van der Waals surface area contributed by atoms with E-state index in [1.54, 1.807) is 13.2 Å². The second-order valence-electron chi connectivity index (χ2n) is 6.14. The maximum atomic E-state index is 13.8. The molecule has 0 bridgehead atoms. The van der Waals surface area contributed by atoms with Crippen LogP contribution in [0.1, 0.15) is 23.6 Å². The Morgan fingerprint density at radius 3 is 2.84 bits per heavy atom. The van der Waals surface area contributed by atoms with Crippen LogP contribution in [-0.2, 0) is 11.2 Å². The van der Waals surface area contributed by atoms with Gasteiger partial charge in [-0.3, -0.25) is 4.79 Å². The van der Waals surface area contributed by atoms with Gasteiger partial charge in [-0.1, -0.05) is 12.1 Å². The van der Waals surface area contributed by atoms with E-state index in [-0.39, 0.29) is 30.5 Å². The number of hydrogen-bond donors (Lipinski definition) is 1. The summed E-state index contributed by atoms with van der Waals surface area (Å²) in [5, 5.41) is 10.0. The molecule has 2 atom stereocenters. The molecule has 6 heteroatoms. The standard InChI is InChI=1S/C19H19F2NO3/c1-25-16-4-2-3-12(8-16)18-10-15(23)11-22(18)19(24)9-13-7-14(20)5-6-17(13)21/h2-8,15,18,23H,9-11H2,1H3/t15-,18+/m0/s1. The number of β-amino-alcohol motifs (C(OH)–C–C–N with tert-alkyl or cyclic N) is 1. The number of likely N-dealkylation sites (tertiary alicyclic amines) is 1. The van der Waals surface area contributed by atoms with Gasteiger partial charge in [0.15, 0.2) is 0 Å². The number of carbonyl (C=O) groups excluding carboxylic acids is 1. The molecule has 0 aromatic heterocycles. The molecule has 2 aromatic carbocycles. The first-order chi connectivity index (χ1) is 12.0. The number of hydrogen-bond acceptors (Lipinski definition) is 3. The molecule has 3 rings (SSSR count). The van der Waals surface area contributed by atoms with Crippen LogP contribution in [0.2, 0.25) is 0 Å². The molecule has 0 saturated carbocycles. The number of ether oxygens (including phenoxy) is 1. The number of halogens is 2. The largest absolute Gasteiger partial charge is 0.497 e. The maximum absolute atomic E-state index is 13.8. The number of rotatable bonds is 4. The minimum absolute atomic E-state index is 0.00998. The lowest BCUT2D eigenvalue weighted by atomic mass is 10.0. The number of benzene rings is 2. The molecule has 0 spiro atoms. The quantitative estimate of drug-likeness (QED) is 0.925. The first-order valence-electron chi connectivity index (χ1n) is 8.03. The molecule has 1 aliphatic heterocycles. The van der Waals surface area contributed by atoms with Crippen LogP contribution in [-0.4, -0.2) is 35.7 Å². The lowest BCUT2D eigenvalue weighted by Gasteiger charge is -2.25. The summed E-state index contributed by atoms with van der Waals surface area (Å²) >= 11 is 0. The fraction of sp³-hybridized carbons (Fsp3) is 0.316. The van der Waals surface area contributed by atoms with Crippen molar-refractivity contribution in [3.8, 4) is 5.75 Å². The summed E-state index contributed by atoms with van der Waals surface area (Å²) in [4.78, 5) is 14.2. The van der Waals surface area contributed by atoms with Crippen LogP contribution < -0.4 is 4.74 Å². The van der Waals surface area contributed by atoms with E-state index in [1.807, 2.05) is 18.2 Å². The van der Waals surface area contributed by atoms with E-state index < -0.39 is 17.7 Å². The number of aliphatic hydroxyl groups excluding tert-OH is 1. The maximum Gasteiger partial charge on any atom is 0.227 e. The summed E-state index contributed by atoms with van der Waals surface area (Å²) < 4.78 is 32.3. The van der Waals surface area contributed by atoms with Gasteiger partial charge in [-0.2, -0.15) is 0 Å². The van der Waals surface area contributed by atoms with Gasteiger partial charge >= 0.3 is 0 Å². The molecule has 132 valence electrons. The van der Waals surface area contributed by atoms with E-state index in [0.29, 0.717) is 12.2 Å². The molecule has 25 heavy (non-hydrogen) atoms. The zero-order valence-electron chi connectivity index (χ0n) is 13.8. The van der Waals surface area contributed by atoms with Crippen molar-refractivity contribution >= 4 is 5.91 Å². The van der Waals surface area contributed by atoms with Gasteiger partial charge in [0.1, 0.15) is 17.4 Å². The second kappa shape index (κ2) is 7.19. The summed E-state index contributed by atoms with van der Waals surface area (Å²) in [7, 11) is 1.55. The fourth-order valence-corrected chi connectivity index (χ4v) is 3.20. The van der Waals surface area contributed by atoms with Gasteiger partial charge in [-0.25, -0.2) is 8.78 Å². The Balaban J connectivity index is 1.83. The molecule has 4 nitrogen and oxygen atoms in total. The van der Waals surface area contributed by atoms with Crippen LogP contribution in [0.4, 0.5) is 8.78 Å². The summed E-state index contributed by atoms with van der Waals surface area (Å²) in [6.07, 6.45) is -0.515. The lowest BCUT2D eigenvalue weighted by molar-refractivity contribution is -0.131. The van der Waals surface area contributed by atoms with Crippen LogP contribution in [0.3, 0.4) is 0 Å². The predicted molar refractivity (Wildman–Crippen MR) is 88.1 cm³/mol. The zero-order chi connectivity index (χ0) is 18.0. The van der Waals surface area contributed by atoms with E-state index in [1.165, 1.54) is 4.90 Å². The van der Waals surface area contributed by atoms with Crippen LogP contribution in [0.25, 0.3) is 0 Å². The highest BCUT2D eigenvalue weighted by Crippen LogP contribution is 2.34. The molecular weight excluding hydrogens is 328 g/mol. The molecule has 0 aliphatic carbocycles. The molecule has 0 radical (unpaired) electrons. The van der Waals surface area contributed by atoms with Gasteiger partial charge in [0.2, 0.25) is 5.91 Å². The lowest BCUT2D eigenvalue weighted by Crippen LogP contribution is -2.33. The van der Waals surface area contributed by atoms with Crippen LogP contribution in [0.15, 0.2) is 42.5 Å². The van der Waals surface area contributed by atoms with E-state index >= 15 is 0 Å². The number of carbonyl (C=O) groups is 1. The van der Waals surface area contributed by atoms with E-state index in [0.717, 1.165) is 23.8 Å². The molecule has 1 amide bonds. The predicted octanol–water partition coefficient (Wildman–Crippen LogP) is 2.85. The summed E-state index contributed by atoms with van der Waals surface area (Å²) in [5.74, 6) is -0.904. The van der Waals surface area contributed by atoms with Crippen molar-refractivity contribution in [3.05, 3.63) is 65.2 Å². The van der Waals surface area contributed by atoms with Gasteiger partial charge in [-0.15, -0.1) is 0 Å². The molecule has 2 aromatic rings. The summed E-state index contributed by atoms with van der Waals surface area (Å²) in [6, 6.07) is 10.0. The highest BCUT2D eigenvalue weighted by Gasteiger charge is 2.35. The summed E-state index contributed by atoms with van der Waals surface area (Å²) in [5.41, 5.74) is 0.847. The molecular formula is C19H19F2NO3. The van der Waals surface area contributed by atoms with Crippen molar-refractivity contribution in [1.29, 1.82) is 0 Å². The topological polar surface area (TPSA) is 49.8 Å². The second-order valence-corrected chi connectivity index (χ2v) is 6.14. The first kappa shape index (κ1) is 17.4. The average Bonchev–Trinajstić information content (AvgIpc) is 3.00. The van der Waals surface area contributed by atoms with Crippen molar-refractivity contribution in [2.75, 3.05) is 13.7 Å². The van der Waals surface area contributed by atoms with Crippen molar-refractivity contribution in [2.24, 2.45) is 0 Å². The normalized spacial score (nSPS) is 19.9. The van der Waals surface area contributed by atoms with Gasteiger partial charge in [0, 0.05) is 12.1 Å². The van der Waals surface area contributed by atoms with Crippen molar-refractivity contribution in [3.63, 3.8) is 0 Å². The van der Waals surface area contributed by atoms with Crippen molar-refractivity contribution in [2.45, 2.75) is 25.0 Å². The van der Waals surface area contributed by atoms with E-state index in [4.69, 9.17) is 4.74 Å². The molecule has 1 saturated heterocycles. The van der Waals surface area contributed by atoms with Gasteiger partial charge in [-0.05, 0) is 42.3 Å². The highest BCUT2D eigenvalue weighted by atomic mass is 19.1. The van der Waals surface area contributed by atoms with E-state index in [2.05, 4.69) is 0 Å². The third-order valence-electron chi connectivity index (χ3n) is 4.43. The Labute approximate surface area is 144 Å². The number of aliphatic hydroxyl groups is 1. The minimum Gasteiger partial charge on any atom is -0.497 e. The van der Waals surface area contributed by atoms with E-state index in [9.17, 15) is 18.7 Å². The smallest absolute Gasteiger partial charge is 0.227 e. The third kappa shape index (κ3) is 3.79. The number of nitrogens with zero attached hydrogens (tertiary/aromatic N) is 1. The monoisotopic (exact) mass is 347 g/mol. The third-order valence-corrected chi connectivity index (χ3v) is 4.43. The molecule has 1 N–H and O–H groups in total. The molecule has 1 aliphatic rings. The van der Waals surface area contributed by atoms with Gasteiger partial charge in [0.25, 0.3) is 0 Å². The Bertz CT molecular complexity index is 781. The Morgan fingerprint density at radius 2 is 2.08 bits per heavy atom. The number of methoxy groups -OCH3 is 1. The zero-order valence-corrected chi connectivity index (χ0v) is 13.8. The SMILES string of the molecule is COc1cccc([C@H]2C[C@H](O)CN2C(=O)Cc2cc(F)ccc2F)c1. The minimum atomic E-state index is -0.655. The van der Waals surface area contributed by atoms with Crippen LogP contribution in [0.5, 0.6) is 5.75 Å². The van der Waals surface area contributed by atoms with Gasteiger partial charge in [0.05, 0.1) is 25.7 Å². The van der Waals surface area contributed by atoms with Crippen LogP contribution >= 0.6 is 0 Å². The molecule has 1 heterocycles. The molecule has 0 unspecified atom stereocenters. The van der Waals surface area contributed by atoms with Crippen molar-refractivity contribution < 1.29 is 23.4 Å². The fourth-order valence-electron chi connectivity index (χ4n) is 3.20. The summed E-state index contributed by atoms with van der Waals surface area (Å²) in [6.45, 7) is 0.164. The Kier molecular flexibility index (Phi) is 4.99. The Morgan fingerprint density at radius 1 is 1.28 bits per heavy atom. The molecule has 1 fully saturated rings. The average molecular weight is 347 g/mol. The first-order valence-corrected chi connectivity index (χ1v) is 8.03. The van der Waals surface area contributed by atoms with Crippen LogP contribution in [0, 0.1) is 11.6 Å². The highest BCUT2D eigenvalue weighted by molar-refractivity contribution is 5.79. The Hall–Kier alpha value is -2.47. The van der Waals surface area contributed by atoms with Crippen molar-refractivity contribution in [1.82, 2.24) is 4.90 Å². The number of amides is 1.